The van der Waals surface area contributed by atoms with Crippen molar-refractivity contribution >= 4 is 40.6 Å². The first kappa shape index (κ1) is 23.2. The van der Waals surface area contributed by atoms with Crippen molar-refractivity contribution < 1.29 is 9.53 Å². The molecule has 170 valence electrons. The Morgan fingerprint density at radius 3 is 2.62 bits per heavy atom. The van der Waals surface area contributed by atoms with E-state index in [1.165, 1.54) is 16.6 Å². The molecule has 1 aliphatic rings. The molecule has 1 aliphatic heterocycles. The third-order valence-corrected chi connectivity index (χ3v) is 7.40. The van der Waals surface area contributed by atoms with E-state index in [2.05, 4.69) is 26.1 Å². The highest BCUT2D eigenvalue weighted by Crippen LogP contribution is 2.25. The summed E-state index contributed by atoms with van der Waals surface area (Å²) in [7, 11) is 1.67. The third-order valence-electron chi connectivity index (χ3n) is 5.23. The molecule has 0 saturated carbocycles. The molecule has 1 saturated heterocycles. The average molecular weight is 493 g/mol. The topological polar surface area (TPSA) is 76.4 Å². The zero-order valence-corrected chi connectivity index (χ0v) is 20.2. The van der Waals surface area contributed by atoms with Gasteiger partial charge >= 0.3 is 0 Å². The van der Waals surface area contributed by atoms with Crippen LogP contribution in [0.15, 0.2) is 41.8 Å². The van der Waals surface area contributed by atoms with Crippen LogP contribution in [0.4, 0.5) is 0 Å². The summed E-state index contributed by atoms with van der Waals surface area (Å²) in [5, 5.41) is 9.40. The summed E-state index contributed by atoms with van der Waals surface area (Å²) in [6.07, 6.45) is 3.46. The maximum absolute atomic E-state index is 12.8. The molecule has 32 heavy (non-hydrogen) atoms. The van der Waals surface area contributed by atoms with E-state index in [0.29, 0.717) is 18.9 Å². The van der Waals surface area contributed by atoms with Gasteiger partial charge in [0, 0.05) is 62.7 Å². The molecule has 0 bridgehead atoms. The number of ether oxygens (including phenoxy) is 1. The Labute approximate surface area is 200 Å². The summed E-state index contributed by atoms with van der Waals surface area (Å²) in [5.74, 6) is 1.21. The fourth-order valence-electron chi connectivity index (χ4n) is 3.52. The number of carbonyl (C=O) groups excluding carboxylic acids is 1. The number of nitrogens with zero attached hydrogens (tertiary/aromatic N) is 6. The van der Waals surface area contributed by atoms with Gasteiger partial charge < -0.3 is 9.64 Å². The molecule has 3 aromatic rings. The molecule has 0 N–H and O–H groups in total. The van der Waals surface area contributed by atoms with E-state index >= 15 is 0 Å². The standard InChI is InChI=1S/C21H25ClN6O2S2/c1-30-13-12-28-20(16-4-6-23-7-5-16)24-25-21(28)31-15-19(29)27-10-8-26(9-11-27)14-17-2-3-18(22)32-17/h2-7H,8-15H2,1H3. The van der Waals surface area contributed by atoms with E-state index in [4.69, 9.17) is 16.3 Å². The number of amides is 1. The SMILES string of the molecule is COCCn1c(SCC(=O)N2CCN(Cc3ccc(Cl)s3)CC2)nnc1-c1ccncc1. The smallest absolute Gasteiger partial charge is 0.233 e. The molecule has 4 rings (SSSR count). The second kappa shape index (κ2) is 11.2. The molecule has 3 aromatic heterocycles. The Kier molecular flexibility index (Phi) is 8.15. The number of pyridine rings is 1. The molecule has 1 fully saturated rings. The fourth-order valence-corrected chi connectivity index (χ4v) is 5.52. The fraction of sp³-hybridized carbons (Fsp3) is 0.429. The van der Waals surface area contributed by atoms with Crippen LogP contribution in [0.2, 0.25) is 4.34 Å². The van der Waals surface area contributed by atoms with E-state index in [9.17, 15) is 4.79 Å². The van der Waals surface area contributed by atoms with Gasteiger partial charge in [0.2, 0.25) is 5.91 Å². The van der Waals surface area contributed by atoms with Crippen molar-refractivity contribution in [3.05, 3.63) is 45.9 Å². The van der Waals surface area contributed by atoms with Crippen LogP contribution >= 0.6 is 34.7 Å². The Bertz CT molecular complexity index is 1020. The molecule has 0 aliphatic carbocycles. The van der Waals surface area contributed by atoms with Crippen LogP contribution in [0.5, 0.6) is 0 Å². The number of rotatable bonds is 9. The van der Waals surface area contributed by atoms with Gasteiger partial charge in [-0.3, -0.25) is 19.2 Å². The van der Waals surface area contributed by atoms with Gasteiger partial charge in [-0.1, -0.05) is 23.4 Å². The van der Waals surface area contributed by atoms with Crippen LogP contribution in [-0.2, 0) is 22.6 Å². The average Bonchev–Trinajstić information content (AvgIpc) is 3.42. The van der Waals surface area contributed by atoms with E-state index in [0.717, 1.165) is 53.6 Å². The van der Waals surface area contributed by atoms with Crippen LogP contribution in [0, 0.1) is 0 Å². The van der Waals surface area contributed by atoms with Crippen molar-refractivity contribution in [1.82, 2.24) is 29.5 Å². The van der Waals surface area contributed by atoms with E-state index in [1.54, 1.807) is 30.8 Å². The van der Waals surface area contributed by atoms with Crippen molar-refractivity contribution in [2.75, 3.05) is 45.6 Å². The second-order valence-corrected chi connectivity index (χ2v) is 10.1. The Balaban J connectivity index is 1.32. The van der Waals surface area contributed by atoms with Gasteiger partial charge in [0.1, 0.15) is 0 Å². The molecular weight excluding hydrogens is 468 g/mol. The highest BCUT2D eigenvalue weighted by molar-refractivity contribution is 7.99. The summed E-state index contributed by atoms with van der Waals surface area (Å²) in [6.45, 7) is 5.23. The molecule has 4 heterocycles. The molecule has 8 nitrogen and oxygen atoms in total. The van der Waals surface area contributed by atoms with Crippen molar-refractivity contribution in [3.63, 3.8) is 0 Å². The highest BCUT2D eigenvalue weighted by atomic mass is 35.5. The van der Waals surface area contributed by atoms with Crippen LogP contribution < -0.4 is 0 Å². The molecular formula is C21H25ClN6O2S2. The summed E-state index contributed by atoms with van der Waals surface area (Å²) in [6, 6.07) is 7.80. The van der Waals surface area contributed by atoms with Crippen molar-refractivity contribution in [3.8, 4) is 11.4 Å². The van der Waals surface area contributed by atoms with E-state index in [-0.39, 0.29) is 5.91 Å². The minimum Gasteiger partial charge on any atom is -0.383 e. The number of carbonyl (C=O) groups is 1. The summed E-state index contributed by atoms with van der Waals surface area (Å²) >= 11 is 9.06. The summed E-state index contributed by atoms with van der Waals surface area (Å²) in [4.78, 5) is 22.4. The Morgan fingerprint density at radius 1 is 1.16 bits per heavy atom. The van der Waals surface area contributed by atoms with Gasteiger partial charge in [-0.25, -0.2) is 0 Å². The van der Waals surface area contributed by atoms with Crippen LogP contribution in [-0.4, -0.2) is 81.1 Å². The minimum atomic E-state index is 0.126. The summed E-state index contributed by atoms with van der Waals surface area (Å²) < 4.78 is 8.07. The van der Waals surface area contributed by atoms with Gasteiger partial charge in [0.05, 0.1) is 23.2 Å². The van der Waals surface area contributed by atoms with Gasteiger partial charge in [0.25, 0.3) is 0 Å². The van der Waals surface area contributed by atoms with Gasteiger partial charge in [-0.05, 0) is 24.3 Å². The van der Waals surface area contributed by atoms with Gasteiger partial charge in [0.15, 0.2) is 11.0 Å². The molecule has 11 heteroatoms. The second-order valence-electron chi connectivity index (χ2n) is 7.34. The first-order valence-electron chi connectivity index (χ1n) is 10.3. The maximum atomic E-state index is 12.8. The predicted molar refractivity (Wildman–Crippen MR) is 127 cm³/mol. The molecule has 0 unspecified atom stereocenters. The minimum absolute atomic E-state index is 0.126. The number of thioether (sulfide) groups is 1. The van der Waals surface area contributed by atoms with Crippen molar-refractivity contribution in [2.24, 2.45) is 0 Å². The molecule has 0 spiro atoms. The monoisotopic (exact) mass is 492 g/mol. The lowest BCUT2D eigenvalue weighted by Crippen LogP contribution is -2.48. The number of thiophene rings is 1. The van der Waals surface area contributed by atoms with E-state index in [1.807, 2.05) is 27.7 Å². The normalized spacial score (nSPS) is 14.8. The first-order chi connectivity index (χ1) is 15.6. The number of piperazine rings is 1. The number of halogens is 1. The predicted octanol–water partition coefficient (Wildman–Crippen LogP) is 3.14. The lowest BCUT2D eigenvalue weighted by atomic mass is 10.2. The van der Waals surface area contributed by atoms with Crippen LogP contribution in [0.3, 0.4) is 0 Å². The van der Waals surface area contributed by atoms with Gasteiger partial charge in [-0.2, -0.15) is 0 Å². The molecule has 1 amide bonds. The number of hydrogen-bond donors (Lipinski definition) is 0. The zero-order chi connectivity index (χ0) is 22.3. The Hall–Kier alpha value is -1.98. The van der Waals surface area contributed by atoms with E-state index < -0.39 is 0 Å². The zero-order valence-electron chi connectivity index (χ0n) is 17.8. The molecule has 0 atom stereocenters. The number of hydrogen-bond acceptors (Lipinski definition) is 8. The van der Waals surface area contributed by atoms with Crippen LogP contribution in [0.25, 0.3) is 11.4 Å². The molecule has 0 radical (unpaired) electrons. The number of methoxy groups -OCH3 is 1. The maximum Gasteiger partial charge on any atom is 0.233 e. The van der Waals surface area contributed by atoms with Crippen LogP contribution in [0.1, 0.15) is 4.88 Å². The quantitative estimate of drug-likeness (QED) is 0.425. The lowest BCUT2D eigenvalue weighted by Gasteiger charge is -2.34. The third kappa shape index (κ3) is 5.87. The highest BCUT2D eigenvalue weighted by Gasteiger charge is 2.23. The molecule has 0 aromatic carbocycles. The Morgan fingerprint density at radius 2 is 1.94 bits per heavy atom. The first-order valence-corrected chi connectivity index (χ1v) is 12.5. The van der Waals surface area contributed by atoms with Gasteiger partial charge in [-0.15, -0.1) is 21.5 Å². The van der Waals surface area contributed by atoms with Crippen molar-refractivity contribution in [2.45, 2.75) is 18.2 Å². The summed E-state index contributed by atoms with van der Waals surface area (Å²) in [5.41, 5.74) is 0.935. The number of aromatic nitrogens is 4. The van der Waals surface area contributed by atoms with Crippen molar-refractivity contribution in [1.29, 1.82) is 0 Å². The largest absolute Gasteiger partial charge is 0.383 e. The lowest BCUT2D eigenvalue weighted by molar-refractivity contribution is -0.130.